The van der Waals surface area contributed by atoms with Crippen LogP contribution in [0.5, 0.6) is 0 Å². The van der Waals surface area contributed by atoms with Gasteiger partial charge in [0, 0.05) is 0 Å². The van der Waals surface area contributed by atoms with E-state index in [9.17, 15) is 13.2 Å². The highest BCUT2D eigenvalue weighted by molar-refractivity contribution is 7.92. The van der Waals surface area contributed by atoms with Crippen LogP contribution >= 0.6 is 0 Å². The Morgan fingerprint density at radius 2 is 1.43 bits per heavy atom. The van der Waals surface area contributed by atoms with Crippen LogP contribution in [0.25, 0.3) is 0 Å². The SMILES string of the molecule is C=C1OCCCCCCCCOC(=O)C(=C)C(c2ccccc2)S(=O)(=O)C1C. The zero-order chi connectivity index (χ0) is 20.6. The van der Waals surface area contributed by atoms with Gasteiger partial charge in [-0.15, -0.1) is 0 Å². The summed E-state index contributed by atoms with van der Waals surface area (Å²) in [6.45, 7) is 9.85. The first kappa shape index (κ1) is 22.2. The van der Waals surface area contributed by atoms with Gasteiger partial charge in [0.2, 0.25) is 0 Å². The summed E-state index contributed by atoms with van der Waals surface area (Å²) in [5.74, 6) is -0.488. The summed E-state index contributed by atoms with van der Waals surface area (Å²) in [7, 11) is -3.88. The average Bonchev–Trinajstić information content (AvgIpc) is 2.68. The molecule has 1 aliphatic rings. The summed E-state index contributed by atoms with van der Waals surface area (Å²) < 4.78 is 37.7. The number of ether oxygens (including phenoxy) is 2. The third kappa shape index (κ3) is 5.71. The van der Waals surface area contributed by atoms with E-state index in [4.69, 9.17) is 9.47 Å². The lowest BCUT2D eigenvalue weighted by Crippen LogP contribution is -2.30. The Hall–Kier alpha value is -2.08. The van der Waals surface area contributed by atoms with Gasteiger partial charge in [0.25, 0.3) is 0 Å². The summed E-state index contributed by atoms with van der Waals surface area (Å²) in [6, 6.07) is 8.61. The van der Waals surface area contributed by atoms with E-state index in [1.54, 1.807) is 30.3 Å². The number of esters is 1. The summed E-state index contributed by atoms with van der Waals surface area (Å²) >= 11 is 0. The number of rotatable bonds is 1. The number of carbonyl (C=O) groups excluding carboxylic acids is 1. The minimum atomic E-state index is -3.88. The van der Waals surface area contributed by atoms with Crippen molar-refractivity contribution < 1.29 is 22.7 Å². The van der Waals surface area contributed by atoms with E-state index in [1.165, 1.54) is 6.92 Å². The maximum atomic E-state index is 13.4. The van der Waals surface area contributed by atoms with Crippen molar-refractivity contribution in [2.75, 3.05) is 13.2 Å². The molecule has 0 radical (unpaired) electrons. The molecule has 6 heteroatoms. The molecule has 0 spiro atoms. The summed E-state index contributed by atoms with van der Waals surface area (Å²) in [5, 5.41) is -2.18. The van der Waals surface area contributed by atoms with Crippen LogP contribution in [0.3, 0.4) is 0 Å². The molecule has 0 amide bonds. The molecule has 2 unspecified atom stereocenters. The average molecular weight is 407 g/mol. The van der Waals surface area contributed by atoms with E-state index in [0.717, 1.165) is 38.5 Å². The van der Waals surface area contributed by atoms with E-state index in [2.05, 4.69) is 13.2 Å². The molecular formula is C22H30O5S. The molecule has 154 valence electrons. The molecule has 1 aromatic rings. The normalized spacial score (nSPS) is 25.5. The van der Waals surface area contributed by atoms with Crippen molar-refractivity contribution in [3.8, 4) is 0 Å². The Morgan fingerprint density at radius 1 is 0.893 bits per heavy atom. The Bertz CT molecular complexity index is 782. The van der Waals surface area contributed by atoms with E-state index in [1.807, 2.05) is 0 Å². The van der Waals surface area contributed by atoms with Gasteiger partial charge < -0.3 is 9.47 Å². The summed E-state index contributed by atoms with van der Waals surface area (Å²) in [4.78, 5) is 12.5. The largest absolute Gasteiger partial charge is 0.497 e. The van der Waals surface area contributed by atoms with Crippen LogP contribution in [0, 0.1) is 0 Å². The second kappa shape index (κ2) is 10.5. The quantitative estimate of drug-likeness (QED) is 0.507. The highest BCUT2D eigenvalue weighted by atomic mass is 32.2. The van der Waals surface area contributed by atoms with Gasteiger partial charge in [-0.3, -0.25) is 0 Å². The molecule has 0 aromatic heterocycles. The van der Waals surface area contributed by atoms with Crippen LogP contribution in [-0.4, -0.2) is 32.9 Å². The van der Waals surface area contributed by atoms with Gasteiger partial charge in [-0.05, 0) is 25.3 Å². The van der Waals surface area contributed by atoms with Crippen LogP contribution in [0.4, 0.5) is 0 Å². The van der Waals surface area contributed by atoms with Gasteiger partial charge in [0.15, 0.2) is 9.84 Å². The van der Waals surface area contributed by atoms with Crippen molar-refractivity contribution in [3.05, 3.63) is 60.4 Å². The van der Waals surface area contributed by atoms with E-state index in [0.29, 0.717) is 12.2 Å². The van der Waals surface area contributed by atoms with E-state index >= 15 is 0 Å². The monoisotopic (exact) mass is 406 g/mol. The van der Waals surface area contributed by atoms with Crippen LogP contribution < -0.4 is 0 Å². The van der Waals surface area contributed by atoms with Gasteiger partial charge >= 0.3 is 5.97 Å². The highest BCUT2D eigenvalue weighted by Gasteiger charge is 2.39. The molecule has 0 bridgehead atoms. The molecule has 1 aromatic carbocycles. The number of sulfone groups is 1. The van der Waals surface area contributed by atoms with Crippen LogP contribution in [-0.2, 0) is 24.1 Å². The lowest BCUT2D eigenvalue weighted by molar-refractivity contribution is -0.139. The Morgan fingerprint density at radius 3 is 2.04 bits per heavy atom. The number of carbonyl (C=O) groups is 1. The number of hydrogen-bond donors (Lipinski definition) is 0. The second-order valence-electron chi connectivity index (χ2n) is 7.12. The van der Waals surface area contributed by atoms with Crippen molar-refractivity contribution in [3.63, 3.8) is 0 Å². The standard InChI is InChI=1S/C22H30O5S/c1-17-21(20-13-9-8-10-14-20)28(24,25)19(3)18(2)26-15-11-6-4-5-7-12-16-27-22(17)23/h8-10,13-14,19,21H,1-2,4-7,11-12,15-16H2,3H3. The summed E-state index contributed by atoms with van der Waals surface area (Å²) in [5.41, 5.74) is 0.392. The van der Waals surface area contributed by atoms with E-state index in [-0.39, 0.29) is 17.9 Å². The van der Waals surface area contributed by atoms with Gasteiger partial charge in [0.05, 0.1) is 18.8 Å². The molecule has 1 aliphatic heterocycles. The first-order chi connectivity index (χ1) is 13.4. The molecule has 0 N–H and O–H groups in total. The van der Waals surface area contributed by atoms with Crippen molar-refractivity contribution in [1.82, 2.24) is 0 Å². The Labute approximate surface area is 168 Å². The van der Waals surface area contributed by atoms with Gasteiger partial charge in [-0.25, -0.2) is 13.2 Å². The van der Waals surface area contributed by atoms with Crippen molar-refractivity contribution in [2.45, 2.75) is 55.9 Å². The van der Waals surface area contributed by atoms with Crippen LogP contribution in [0.2, 0.25) is 0 Å². The van der Waals surface area contributed by atoms with Crippen molar-refractivity contribution in [1.29, 1.82) is 0 Å². The lowest BCUT2D eigenvalue weighted by Gasteiger charge is -2.25. The predicted octanol–water partition coefficient (Wildman–Crippen LogP) is 4.51. The number of hydrogen-bond acceptors (Lipinski definition) is 5. The maximum absolute atomic E-state index is 13.4. The molecule has 28 heavy (non-hydrogen) atoms. The fourth-order valence-corrected chi connectivity index (χ4v) is 5.07. The molecule has 0 aliphatic carbocycles. The fourth-order valence-electron chi connectivity index (χ4n) is 3.20. The molecular weight excluding hydrogens is 376 g/mol. The van der Waals surface area contributed by atoms with Crippen LogP contribution in [0.1, 0.15) is 56.3 Å². The zero-order valence-corrected chi connectivity index (χ0v) is 17.4. The number of benzene rings is 1. The fraction of sp³-hybridized carbons (Fsp3) is 0.500. The minimum absolute atomic E-state index is 0.0852. The lowest BCUT2D eigenvalue weighted by atomic mass is 10.1. The van der Waals surface area contributed by atoms with Gasteiger partial charge in [-0.2, -0.15) is 0 Å². The van der Waals surface area contributed by atoms with Crippen LogP contribution in [0.15, 0.2) is 54.8 Å². The zero-order valence-electron chi connectivity index (χ0n) is 16.6. The molecule has 0 saturated carbocycles. The van der Waals surface area contributed by atoms with Gasteiger partial charge in [0.1, 0.15) is 16.3 Å². The summed E-state index contributed by atoms with van der Waals surface area (Å²) in [6.07, 6.45) is 5.72. The molecule has 1 fully saturated rings. The third-order valence-corrected chi connectivity index (χ3v) is 7.48. The van der Waals surface area contributed by atoms with Crippen molar-refractivity contribution >= 4 is 15.8 Å². The first-order valence-corrected chi connectivity index (χ1v) is 11.4. The Balaban J connectivity index is 2.36. The molecule has 1 heterocycles. The first-order valence-electron chi connectivity index (χ1n) is 9.81. The Kier molecular flexibility index (Phi) is 8.30. The molecule has 2 atom stereocenters. The topological polar surface area (TPSA) is 69.7 Å². The molecule has 5 nitrogen and oxygen atoms in total. The maximum Gasteiger partial charge on any atom is 0.335 e. The molecule has 1 saturated heterocycles. The minimum Gasteiger partial charge on any atom is -0.497 e. The predicted molar refractivity (Wildman–Crippen MR) is 110 cm³/mol. The highest BCUT2D eigenvalue weighted by Crippen LogP contribution is 2.35. The second-order valence-corrected chi connectivity index (χ2v) is 9.48. The van der Waals surface area contributed by atoms with Gasteiger partial charge in [-0.1, -0.05) is 69.2 Å². The van der Waals surface area contributed by atoms with Crippen molar-refractivity contribution in [2.24, 2.45) is 0 Å². The van der Waals surface area contributed by atoms with E-state index < -0.39 is 26.3 Å². The number of cyclic esters (lactones) is 1. The molecule has 2 rings (SSSR count). The third-order valence-electron chi connectivity index (χ3n) is 5.02. The smallest absolute Gasteiger partial charge is 0.335 e.